The Labute approximate surface area is 209 Å². The van der Waals surface area contributed by atoms with Crippen molar-refractivity contribution in [2.24, 2.45) is 0 Å². The normalized spacial score (nSPS) is 23.4. The summed E-state index contributed by atoms with van der Waals surface area (Å²) in [4.78, 5) is 54.7. The van der Waals surface area contributed by atoms with Crippen LogP contribution in [0.15, 0.2) is 0 Å². The van der Waals surface area contributed by atoms with Gasteiger partial charge in [0, 0.05) is 12.1 Å². The van der Waals surface area contributed by atoms with Gasteiger partial charge < -0.3 is 19.5 Å². The van der Waals surface area contributed by atoms with Gasteiger partial charge in [-0.15, -0.1) is 0 Å². The second-order valence-corrected chi connectivity index (χ2v) is 12.3. The zero-order chi connectivity index (χ0) is 26.9. The highest BCUT2D eigenvalue weighted by Crippen LogP contribution is 2.37. The van der Waals surface area contributed by atoms with E-state index in [0.29, 0.717) is 25.8 Å². The first kappa shape index (κ1) is 28.7. The van der Waals surface area contributed by atoms with Crippen LogP contribution in [0.25, 0.3) is 0 Å². The highest BCUT2D eigenvalue weighted by Gasteiger charge is 2.59. The lowest BCUT2D eigenvalue weighted by Gasteiger charge is -2.29. The fraction of sp³-hybridized carbons (Fsp3) is 0.840. The second kappa shape index (κ2) is 10.2. The Kier molecular flexibility index (Phi) is 8.39. The molecule has 200 valence electrons. The molecule has 0 aromatic carbocycles. The van der Waals surface area contributed by atoms with E-state index in [-0.39, 0.29) is 6.04 Å². The minimum absolute atomic E-state index is 0.307. The SMILES string of the molecule is CC[C@@H]1[C@@H]([C@H](OC(=O)[C@@H]2CCCN2C(=O)OC(C)(C)C)C(=O)NC(C)(C)C)N1C(=O)OC(C)(C)C. The van der Waals surface area contributed by atoms with Crippen molar-refractivity contribution < 1.29 is 33.4 Å². The highest BCUT2D eigenvalue weighted by atomic mass is 16.6. The van der Waals surface area contributed by atoms with Crippen molar-refractivity contribution in [3.05, 3.63) is 0 Å². The van der Waals surface area contributed by atoms with Crippen LogP contribution in [-0.2, 0) is 23.8 Å². The Balaban J connectivity index is 2.25. The molecule has 0 saturated carbocycles. The third-order valence-electron chi connectivity index (χ3n) is 5.47. The van der Waals surface area contributed by atoms with E-state index in [2.05, 4.69) is 5.32 Å². The molecule has 0 aromatic rings. The molecule has 3 amide bonds. The number of nitrogens with one attached hydrogen (secondary N) is 1. The van der Waals surface area contributed by atoms with E-state index in [1.807, 2.05) is 27.7 Å². The lowest BCUT2D eigenvalue weighted by Crippen LogP contribution is -2.52. The zero-order valence-electron chi connectivity index (χ0n) is 22.9. The zero-order valence-corrected chi connectivity index (χ0v) is 22.9. The van der Waals surface area contributed by atoms with Crippen LogP contribution in [0.5, 0.6) is 0 Å². The summed E-state index contributed by atoms with van der Waals surface area (Å²) in [5.41, 5.74) is -2.00. The molecular weight excluding hydrogens is 454 g/mol. The molecule has 0 aliphatic carbocycles. The number of esters is 1. The fourth-order valence-corrected chi connectivity index (χ4v) is 4.13. The summed E-state index contributed by atoms with van der Waals surface area (Å²) in [6.45, 7) is 18.3. The highest BCUT2D eigenvalue weighted by molar-refractivity contribution is 5.89. The number of likely N-dealkylation sites (tertiary alicyclic amines) is 1. The smallest absolute Gasteiger partial charge is 0.411 e. The number of hydrogen-bond acceptors (Lipinski definition) is 7. The van der Waals surface area contributed by atoms with E-state index in [1.165, 1.54) is 9.80 Å². The van der Waals surface area contributed by atoms with Crippen LogP contribution in [0.4, 0.5) is 9.59 Å². The van der Waals surface area contributed by atoms with Gasteiger partial charge in [-0.2, -0.15) is 0 Å². The first-order valence-corrected chi connectivity index (χ1v) is 12.4. The Morgan fingerprint density at radius 1 is 0.914 bits per heavy atom. The summed E-state index contributed by atoms with van der Waals surface area (Å²) in [6, 6.07) is -1.82. The topological polar surface area (TPSA) is 114 Å². The fourth-order valence-electron chi connectivity index (χ4n) is 4.13. The van der Waals surface area contributed by atoms with Crippen LogP contribution in [0.1, 0.15) is 88.5 Å². The Bertz CT molecular complexity index is 822. The molecule has 10 heteroatoms. The number of amides is 3. The van der Waals surface area contributed by atoms with Gasteiger partial charge in [0.1, 0.15) is 23.3 Å². The molecule has 2 saturated heterocycles. The van der Waals surface area contributed by atoms with Crippen LogP contribution in [0.3, 0.4) is 0 Å². The number of carbonyl (C=O) groups excluding carboxylic acids is 4. The average Bonchev–Trinajstić information content (AvgIpc) is 3.15. The maximum Gasteiger partial charge on any atom is 0.411 e. The van der Waals surface area contributed by atoms with Crippen molar-refractivity contribution in [3.63, 3.8) is 0 Å². The molecule has 0 aromatic heterocycles. The molecule has 2 aliphatic rings. The van der Waals surface area contributed by atoms with Crippen molar-refractivity contribution in [2.75, 3.05) is 6.54 Å². The van der Waals surface area contributed by atoms with E-state index in [1.54, 1.807) is 41.5 Å². The van der Waals surface area contributed by atoms with Crippen LogP contribution in [-0.4, -0.2) is 81.4 Å². The average molecular weight is 498 g/mol. The van der Waals surface area contributed by atoms with Gasteiger partial charge in [0.05, 0.1) is 6.04 Å². The van der Waals surface area contributed by atoms with Gasteiger partial charge in [0.2, 0.25) is 6.10 Å². The van der Waals surface area contributed by atoms with Crippen molar-refractivity contribution in [1.29, 1.82) is 0 Å². The maximum atomic E-state index is 13.3. The lowest BCUT2D eigenvalue weighted by atomic mass is 10.1. The predicted molar refractivity (Wildman–Crippen MR) is 130 cm³/mol. The van der Waals surface area contributed by atoms with Crippen LogP contribution in [0.2, 0.25) is 0 Å². The van der Waals surface area contributed by atoms with Gasteiger partial charge in [-0.1, -0.05) is 6.92 Å². The van der Waals surface area contributed by atoms with Crippen molar-refractivity contribution in [3.8, 4) is 0 Å². The summed E-state index contributed by atoms with van der Waals surface area (Å²) in [7, 11) is 0. The van der Waals surface area contributed by atoms with Gasteiger partial charge in [-0.25, -0.2) is 14.4 Å². The third-order valence-corrected chi connectivity index (χ3v) is 5.47. The van der Waals surface area contributed by atoms with Gasteiger partial charge in [-0.05, 0) is 81.6 Å². The van der Waals surface area contributed by atoms with Crippen LogP contribution in [0, 0.1) is 0 Å². The van der Waals surface area contributed by atoms with E-state index in [9.17, 15) is 19.2 Å². The molecule has 0 unspecified atom stereocenters. The summed E-state index contributed by atoms with van der Waals surface area (Å²) in [5.74, 6) is -1.18. The maximum absolute atomic E-state index is 13.3. The lowest BCUT2D eigenvalue weighted by molar-refractivity contribution is -0.161. The van der Waals surface area contributed by atoms with Gasteiger partial charge >= 0.3 is 18.2 Å². The molecule has 2 aliphatic heterocycles. The molecule has 2 fully saturated rings. The largest absolute Gasteiger partial charge is 0.448 e. The number of hydrogen-bond donors (Lipinski definition) is 1. The van der Waals surface area contributed by atoms with E-state index >= 15 is 0 Å². The number of carbonyl (C=O) groups is 4. The number of ether oxygens (including phenoxy) is 3. The number of nitrogens with zero attached hydrogens (tertiary/aromatic N) is 2. The molecule has 0 spiro atoms. The summed E-state index contributed by atoms with van der Waals surface area (Å²) < 4.78 is 16.7. The molecule has 1 N–H and O–H groups in total. The quantitative estimate of drug-likeness (QED) is 0.351. The predicted octanol–water partition coefficient (Wildman–Crippen LogP) is 3.61. The van der Waals surface area contributed by atoms with Crippen molar-refractivity contribution in [1.82, 2.24) is 15.1 Å². The molecule has 2 heterocycles. The monoisotopic (exact) mass is 497 g/mol. The van der Waals surface area contributed by atoms with Gasteiger partial charge in [-0.3, -0.25) is 14.6 Å². The van der Waals surface area contributed by atoms with E-state index in [0.717, 1.165) is 0 Å². The summed E-state index contributed by atoms with van der Waals surface area (Å²) >= 11 is 0. The molecule has 2 rings (SSSR count). The Morgan fingerprint density at radius 3 is 1.94 bits per heavy atom. The first-order valence-electron chi connectivity index (χ1n) is 12.4. The molecule has 0 bridgehead atoms. The van der Waals surface area contributed by atoms with E-state index in [4.69, 9.17) is 14.2 Å². The van der Waals surface area contributed by atoms with Gasteiger partial charge in [0.25, 0.3) is 5.91 Å². The number of rotatable bonds is 5. The molecule has 0 radical (unpaired) electrons. The standard InChI is InChI=1S/C25H43N3O7/c1-11-15-17(28(15)22(32)35-25(8,9)10)18(19(29)26-23(2,3)4)33-20(30)16-13-12-14-27(16)21(31)34-24(5,6)7/h15-18H,11-14H2,1-10H3,(H,26,29)/t15-,16+,17+,18+,28?/m1/s1. The molecule has 35 heavy (non-hydrogen) atoms. The third kappa shape index (κ3) is 8.00. The first-order chi connectivity index (χ1) is 15.8. The second-order valence-electron chi connectivity index (χ2n) is 12.3. The Morgan fingerprint density at radius 2 is 1.46 bits per heavy atom. The molecule has 10 nitrogen and oxygen atoms in total. The van der Waals surface area contributed by atoms with Crippen LogP contribution >= 0.6 is 0 Å². The van der Waals surface area contributed by atoms with Crippen molar-refractivity contribution in [2.45, 2.75) is 129 Å². The summed E-state index contributed by atoms with van der Waals surface area (Å²) in [5, 5.41) is 2.85. The van der Waals surface area contributed by atoms with E-state index < -0.39 is 59.0 Å². The minimum Gasteiger partial charge on any atom is -0.448 e. The molecule has 4 atom stereocenters. The van der Waals surface area contributed by atoms with Crippen molar-refractivity contribution >= 4 is 24.1 Å². The summed E-state index contributed by atoms with van der Waals surface area (Å²) in [6.07, 6.45) is -0.808. The Hall–Kier alpha value is -2.52. The van der Waals surface area contributed by atoms with Crippen LogP contribution < -0.4 is 5.32 Å². The molecular formula is C25H43N3O7. The minimum atomic E-state index is -1.24. The van der Waals surface area contributed by atoms with Gasteiger partial charge in [0.15, 0.2) is 0 Å².